The van der Waals surface area contributed by atoms with Crippen LogP contribution in [0.2, 0.25) is 0 Å². The van der Waals surface area contributed by atoms with Crippen LogP contribution in [-0.2, 0) is 4.79 Å². The second kappa shape index (κ2) is 6.86. The fourth-order valence-corrected chi connectivity index (χ4v) is 3.43. The minimum absolute atomic E-state index is 0.154. The topological polar surface area (TPSA) is 76.1 Å². The number of ether oxygens (including phenoxy) is 2. The first-order valence-corrected chi connectivity index (χ1v) is 8.01. The molecule has 1 amide bonds. The van der Waals surface area contributed by atoms with E-state index in [4.69, 9.17) is 9.47 Å². The maximum absolute atomic E-state index is 13.7. The van der Waals surface area contributed by atoms with Crippen LogP contribution in [0.25, 0.3) is 0 Å². The van der Waals surface area contributed by atoms with Crippen LogP contribution < -0.4 is 9.47 Å². The fourth-order valence-electron chi connectivity index (χ4n) is 3.43. The maximum atomic E-state index is 13.7. The summed E-state index contributed by atoms with van der Waals surface area (Å²) in [6, 6.07) is 4.93. The molecule has 0 spiro atoms. The average molecular weight is 377 g/mol. The number of hydrogen-bond acceptors (Lipinski definition) is 4. The van der Waals surface area contributed by atoms with E-state index < -0.39 is 35.5 Å². The van der Waals surface area contributed by atoms with Crippen molar-refractivity contribution in [1.82, 2.24) is 4.90 Å². The molecule has 2 aromatic rings. The zero-order valence-corrected chi connectivity index (χ0v) is 14.8. The van der Waals surface area contributed by atoms with Gasteiger partial charge in [-0.2, -0.15) is 0 Å². The van der Waals surface area contributed by atoms with Gasteiger partial charge in [0.1, 0.15) is 5.92 Å². The molecule has 0 radical (unpaired) electrons. The zero-order valence-electron chi connectivity index (χ0n) is 14.8. The highest BCUT2D eigenvalue weighted by atomic mass is 19.2. The minimum Gasteiger partial charge on any atom is -0.493 e. The molecule has 0 fully saturated rings. The summed E-state index contributed by atoms with van der Waals surface area (Å²) in [5.74, 6) is -4.49. The van der Waals surface area contributed by atoms with Gasteiger partial charge in [-0.3, -0.25) is 9.59 Å². The van der Waals surface area contributed by atoms with Gasteiger partial charge in [0, 0.05) is 12.6 Å². The SMILES string of the molecule is COc1cc2c(cc1OC)[C@H](C(=O)O)[C@H](c1ccc(F)c(F)c1)N(C)C2=O. The van der Waals surface area contributed by atoms with Gasteiger partial charge in [0.2, 0.25) is 0 Å². The Morgan fingerprint density at radius 2 is 1.70 bits per heavy atom. The summed E-state index contributed by atoms with van der Waals surface area (Å²) in [6.07, 6.45) is 0. The number of carbonyl (C=O) groups excluding carboxylic acids is 1. The molecule has 1 aliphatic heterocycles. The highest BCUT2D eigenvalue weighted by molar-refractivity contribution is 6.01. The van der Waals surface area contributed by atoms with E-state index in [-0.39, 0.29) is 28.2 Å². The Balaban J connectivity index is 2.24. The molecule has 1 N–H and O–H groups in total. The van der Waals surface area contributed by atoms with E-state index in [2.05, 4.69) is 0 Å². The molecule has 1 aliphatic rings. The Hall–Kier alpha value is -3.16. The van der Waals surface area contributed by atoms with E-state index in [0.717, 1.165) is 12.1 Å². The number of carboxylic acids is 1. The normalized spacial score (nSPS) is 18.9. The summed E-state index contributed by atoms with van der Waals surface area (Å²) in [5, 5.41) is 9.86. The van der Waals surface area contributed by atoms with Crippen molar-refractivity contribution in [3.05, 3.63) is 58.7 Å². The summed E-state index contributed by atoms with van der Waals surface area (Å²) >= 11 is 0. The van der Waals surface area contributed by atoms with Crippen LogP contribution in [0.5, 0.6) is 11.5 Å². The average Bonchev–Trinajstić information content (AvgIpc) is 2.65. The van der Waals surface area contributed by atoms with Gasteiger partial charge >= 0.3 is 5.97 Å². The maximum Gasteiger partial charge on any atom is 0.313 e. The van der Waals surface area contributed by atoms with E-state index in [0.29, 0.717) is 0 Å². The molecule has 142 valence electrons. The number of hydrogen-bond donors (Lipinski definition) is 1. The van der Waals surface area contributed by atoms with E-state index in [1.54, 1.807) is 0 Å². The van der Waals surface area contributed by atoms with Crippen LogP contribution in [-0.4, -0.2) is 43.2 Å². The van der Waals surface area contributed by atoms with Crippen molar-refractivity contribution in [3.63, 3.8) is 0 Å². The Morgan fingerprint density at radius 3 is 2.26 bits per heavy atom. The number of likely N-dealkylation sites (N-methyl/N-ethyl adjacent to an activating group) is 1. The van der Waals surface area contributed by atoms with Crippen LogP contribution in [0.3, 0.4) is 0 Å². The quantitative estimate of drug-likeness (QED) is 0.887. The van der Waals surface area contributed by atoms with Gasteiger partial charge in [-0.25, -0.2) is 8.78 Å². The standard InChI is InChI=1S/C19H17F2NO5/c1-22-17(9-4-5-12(20)13(21)6-9)16(19(24)25)10-7-14(26-2)15(27-3)8-11(10)18(22)23/h4-8,16-17H,1-3H3,(H,24,25)/t16-,17-/m0/s1. The number of carbonyl (C=O) groups is 2. The first-order chi connectivity index (χ1) is 12.8. The number of rotatable bonds is 4. The predicted octanol–water partition coefficient (Wildman–Crippen LogP) is 2.98. The third-order valence-corrected chi connectivity index (χ3v) is 4.73. The molecule has 3 rings (SSSR count). The molecule has 0 saturated carbocycles. The van der Waals surface area contributed by atoms with Gasteiger partial charge in [0.15, 0.2) is 23.1 Å². The van der Waals surface area contributed by atoms with Crippen LogP contribution in [0.4, 0.5) is 8.78 Å². The number of benzene rings is 2. The fraction of sp³-hybridized carbons (Fsp3) is 0.263. The first kappa shape index (κ1) is 18.6. The van der Waals surface area contributed by atoms with E-state index in [9.17, 15) is 23.5 Å². The highest BCUT2D eigenvalue weighted by Crippen LogP contribution is 2.45. The molecule has 1 heterocycles. The van der Waals surface area contributed by atoms with Crippen LogP contribution in [0.1, 0.15) is 33.4 Å². The van der Waals surface area contributed by atoms with Gasteiger partial charge in [0.05, 0.1) is 20.3 Å². The number of methoxy groups -OCH3 is 2. The van der Waals surface area contributed by atoms with Gasteiger partial charge in [0.25, 0.3) is 5.91 Å². The van der Waals surface area contributed by atoms with Crippen LogP contribution in [0.15, 0.2) is 30.3 Å². The predicted molar refractivity (Wildman–Crippen MR) is 91.1 cm³/mol. The molecule has 0 bridgehead atoms. The number of nitrogens with zero attached hydrogens (tertiary/aromatic N) is 1. The second-order valence-corrected chi connectivity index (χ2v) is 6.14. The molecular weight excluding hydrogens is 360 g/mol. The van der Waals surface area contributed by atoms with Crippen molar-refractivity contribution >= 4 is 11.9 Å². The van der Waals surface area contributed by atoms with Crippen LogP contribution in [0, 0.1) is 11.6 Å². The lowest BCUT2D eigenvalue weighted by molar-refractivity contribution is -0.140. The molecule has 8 heteroatoms. The lowest BCUT2D eigenvalue weighted by atomic mass is 9.79. The lowest BCUT2D eigenvalue weighted by Gasteiger charge is -2.38. The van der Waals surface area contributed by atoms with Crippen LogP contribution >= 0.6 is 0 Å². The monoisotopic (exact) mass is 377 g/mol. The Bertz CT molecular complexity index is 931. The summed E-state index contributed by atoms with van der Waals surface area (Å²) in [6.45, 7) is 0. The van der Waals surface area contributed by atoms with Gasteiger partial charge in [-0.05, 0) is 35.4 Å². The molecule has 2 atom stereocenters. The Labute approximate surface area is 153 Å². The molecule has 2 aromatic carbocycles. The first-order valence-electron chi connectivity index (χ1n) is 8.01. The Morgan fingerprint density at radius 1 is 1.07 bits per heavy atom. The molecular formula is C19H17F2NO5. The largest absolute Gasteiger partial charge is 0.493 e. The summed E-state index contributed by atoms with van der Waals surface area (Å²) in [4.78, 5) is 26.1. The smallest absolute Gasteiger partial charge is 0.313 e. The number of halogens is 2. The van der Waals surface area contributed by atoms with Gasteiger partial charge < -0.3 is 19.5 Å². The van der Waals surface area contributed by atoms with E-state index in [1.807, 2.05) is 0 Å². The number of fused-ring (bicyclic) bond motifs is 1. The molecule has 0 unspecified atom stereocenters. The third kappa shape index (κ3) is 2.97. The van der Waals surface area contributed by atoms with Crippen molar-refractivity contribution in [1.29, 1.82) is 0 Å². The highest BCUT2D eigenvalue weighted by Gasteiger charge is 2.43. The number of carboxylic acid groups (broad SMARTS) is 1. The number of amides is 1. The molecule has 0 aromatic heterocycles. The Kier molecular flexibility index (Phi) is 4.73. The number of aliphatic carboxylic acids is 1. The third-order valence-electron chi connectivity index (χ3n) is 4.73. The molecule has 0 aliphatic carbocycles. The minimum atomic E-state index is -1.21. The lowest BCUT2D eigenvalue weighted by Crippen LogP contribution is -2.42. The van der Waals surface area contributed by atoms with E-state index in [1.165, 1.54) is 44.4 Å². The van der Waals surface area contributed by atoms with Crippen molar-refractivity contribution in [3.8, 4) is 11.5 Å². The summed E-state index contributed by atoms with van der Waals surface area (Å²) < 4.78 is 37.5. The van der Waals surface area contributed by atoms with Crippen molar-refractivity contribution in [2.75, 3.05) is 21.3 Å². The second-order valence-electron chi connectivity index (χ2n) is 6.14. The van der Waals surface area contributed by atoms with Crippen molar-refractivity contribution < 1.29 is 33.0 Å². The molecule has 6 nitrogen and oxygen atoms in total. The van der Waals surface area contributed by atoms with Gasteiger partial charge in [-0.15, -0.1) is 0 Å². The summed E-state index contributed by atoms with van der Waals surface area (Å²) in [7, 11) is 4.22. The van der Waals surface area contributed by atoms with Gasteiger partial charge in [-0.1, -0.05) is 6.07 Å². The zero-order chi connectivity index (χ0) is 19.9. The molecule has 0 saturated heterocycles. The summed E-state index contributed by atoms with van der Waals surface area (Å²) in [5.41, 5.74) is 0.553. The van der Waals surface area contributed by atoms with Crippen molar-refractivity contribution in [2.24, 2.45) is 0 Å². The molecule has 27 heavy (non-hydrogen) atoms. The van der Waals surface area contributed by atoms with E-state index >= 15 is 0 Å². The van der Waals surface area contributed by atoms with Crippen molar-refractivity contribution in [2.45, 2.75) is 12.0 Å².